The normalized spacial score (nSPS) is 17.1. The van der Waals surface area contributed by atoms with Gasteiger partial charge >= 0.3 is 18.1 Å². The zero-order chi connectivity index (χ0) is 30.4. The van der Waals surface area contributed by atoms with Crippen LogP contribution < -0.4 is 9.62 Å². The molecule has 0 unspecified atom stereocenters. The Morgan fingerprint density at radius 3 is 1.98 bits per heavy atom. The van der Waals surface area contributed by atoms with E-state index >= 15 is 0 Å². The summed E-state index contributed by atoms with van der Waals surface area (Å²) >= 11 is 0. The summed E-state index contributed by atoms with van der Waals surface area (Å²) in [6.45, 7) is 8.03. The van der Waals surface area contributed by atoms with Crippen LogP contribution >= 0.6 is 0 Å². The van der Waals surface area contributed by atoms with Gasteiger partial charge in [-0.25, -0.2) is 18.0 Å². The van der Waals surface area contributed by atoms with Crippen LogP contribution in [0, 0.1) is 0 Å². The molecule has 2 saturated heterocycles. The minimum atomic E-state index is -5.08. The molecule has 4 rings (SSSR count). The second-order valence-corrected chi connectivity index (χ2v) is 12.2. The van der Waals surface area contributed by atoms with Gasteiger partial charge in [-0.1, -0.05) is 32.4 Å². The van der Waals surface area contributed by atoms with Crippen LogP contribution in [0.5, 0.6) is 0 Å². The van der Waals surface area contributed by atoms with Crippen LogP contribution in [0.4, 0.5) is 24.5 Å². The second kappa shape index (κ2) is 13.6. The molecular formula is C28H36F3N3O6S. The van der Waals surface area contributed by atoms with Gasteiger partial charge in [-0.15, -0.1) is 0 Å². The highest BCUT2D eigenvalue weighted by atomic mass is 32.2. The number of carboxylic acids is 2. The van der Waals surface area contributed by atoms with Gasteiger partial charge in [0.25, 0.3) is 10.0 Å². The molecule has 0 radical (unpaired) electrons. The summed E-state index contributed by atoms with van der Waals surface area (Å²) in [4.78, 5) is 25.8. The quantitative estimate of drug-likeness (QED) is 0.386. The Hall–Kier alpha value is -3.32. The maximum Gasteiger partial charge on any atom is 0.490 e. The molecule has 2 aliphatic heterocycles. The Morgan fingerprint density at radius 1 is 0.927 bits per heavy atom. The molecule has 0 amide bonds. The molecule has 3 N–H and O–H groups in total. The fourth-order valence-electron chi connectivity index (χ4n) is 5.05. The van der Waals surface area contributed by atoms with Crippen LogP contribution in [0.25, 0.3) is 0 Å². The summed E-state index contributed by atoms with van der Waals surface area (Å²) in [6.07, 6.45) is 0.793. The number of sulfonamides is 1. The summed E-state index contributed by atoms with van der Waals surface area (Å²) < 4.78 is 60.0. The van der Waals surface area contributed by atoms with Gasteiger partial charge in [0.05, 0.1) is 16.1 Å². The van der Waals surface area contributed by atoms with Gasteiger partial charge in [-0.2, -0.15) is 13.2 Å². The number of halogens is 3. The third kappa shape index (κ3) is 8.83. The fraction of sp³-hybridized carbons (Fsp3) is 0.500. The molecule has 0 bridgehead atoms. The average Bonchev–Trinajstić information content (AvgIpc) is 2.93. The smallest absolute Gasteiger partial charge is 0.478 e. The van der Waals surface area contributed by atoms with Gasteiger partial charge in [-0.3, -0.25) is 4.72 Å². The number of alkyl halides is 3. The van der Waals surface area contributed by atoms with Gasteiger partial charge in [0.2, 0.25) is 0 Å². The molecule has 9 nitrogen and oxygen atoms in total. The van der Waals surface area contributed by atoms with Gasteiger partial charge in [-0.05, 0) is 80.6 Å². The third-order valence-electron chi connectivity index (χ3n) is 7.29. The Kier molecular flexibility index (Phi) is 10.6. The van der Waals surface area contributed by atoms with Crippen molar-refractivity contribution in [2.24, 2.45) is 0 Å². The van der Waals surface area contributed by atoms with Crippen molar-refractivity contribution in [3.05, 3.63) is 53.6 Å². The minimum absolute atomic E-state index is 0.117. The highest BCUT2D eigenvalue weighted by Gasteiger charge is 2.38. The van der Waals surface area contributed by atoms with Crippen molar-refractivity contribution in [3.8, 4) is 0 Å². The number of piperidine rings is 2. The Bertz CT molecular complexity index is 1300. The zero-order valence-corrected chi connectivity index (χ0v) is 23.8. The molecule has 0 spiro atoms. The predicted molar refractivity (Wildman–Crippen MR) is 149 cm³/mol. The van der Waals surface area contributed by atoms with Crippen molar-refractivity contribution in [2.75, 3.05) is 35.8 Å². The summed E-state index contributed by atoms with van der Waals surface area (Å²) in [7, 11) is -3.82. The van der Waals surface area contributed by atoms with E-state index in [4.69, 9.17) is 9.90 Å². The van der Waals surface area contributed by atoms with Crippen LogP contribution in [-0.2, 0) is 14.8 Å². The minimum Gasteiger partial charge on any atom is -0.478 e. The van der Waals surface area contributed by atoms with E-state index in [1.807, 2.05) is 13.8 Å². The molecule has 2 heterocycles. The van der Waals surface area contributed by atoms with E-state index in [-0.39, 0.29) is 16.1 Å². The van der Waals surface area contributed by atoms with Gasteiger partial charge in [0, 0.05) is 24.8 Å². The van der Waals surface area contributed by atoms with E-state index in [2.05, 4.69) is 14.5 Å². The molecule has 13 heteroatoms. The van der Waals surface area contributed by atoms with E-state index in [9.17, 15) is 31.5 Å². The number of carbonyl (C=O) groups is 2. The Balaban J connectivity index is 0.000000587. The maximum absolute atomic E-state index is 12.9. The molecule has 2 aliphatic rings. The van der Waals surface area contributed by atoms with Crippen LogP contribution in [0.1, 0.15) is 67.8 Å². The summed E-state index contributed by atoms with van der Waals surface area (Å²) in [6, 6.07) is 12.1. The van der Waals surface area contributed by atoms with Crippen LogP contribution in [0.3, 0.4) is 0 Å². The SMILES string of the molecule is CC(C)c1ccc(S(=O)(=O)Nc2ccc(N3CCC(N4CCCCC4)CC3)c(C(=O)O)c2)cc1.O=C(O)C(F)(F)F. The molecule has 0 atom stereocenters. The van der Waals surface area contributed by atoms with Gasteiger partial charge in [0.15, 0.2) is 0 Å². The Morgan fingerprint density at radius 2 is 1.49 bits per heavy atom. The summed E-state index contributed by atoms with van der Waals surface area (Å²) in [5.41, 5.74) is 2.07. The molecule has 41 heavy (non-hydrogen) atoms. The Labute approximate surface area is 238 Å². The molecule has 0 saturated carbocycles. The zero-order valence-electron chi connectivity index (χ0n) is 23.0. The first kappa shape index (κ1) is 32.2. The van der Waals surface area contributed by atoms with Crippen molar-refractivity contribution >= 4 is 33.3 Å². The fourth-order valence-corrected chi connectivity index (χ4v) is 6.10. The topological polar surface area (TPSA) is 127 Å². The number of likely N-dealkylation sites (tertiary alicyclic amines) is 1. The number of benzene rings is 2. The standard InChI is InChI=1S/C26H35N3O4S.C2HF3O2/c1-19(2)20-6-9-23(10-7-20)34(32,33)27-21-8-11-25(24(18-21)26(30)31)29-16-12-22(13-17-29)28-14-4-3-5-15-28;3-2(4,5)1(6)7/h6-11,18-19,22,27H,3-5,12-17H2,1-2H3,(H,30,31);(H,6,7). The van der Waals surface area contributed by atoms with Gasteiger partial charge < -0.3 is 20.0 Å². The van der Waals surface area contributed by atoms with E-state index in [1.165, 1.54) is 38.4 Å². The molecule has 226 valence electrons. The number of anilines is 2. The van der Waals surface area contributed by atoms with Crippen LogP contribution in [0.15, 0.2) is 47.4 Å². The number of rotatable bonds is 7. The monoisotopic (exact) mass is 599 g/mol. The first-order valence-electron chi connectivity index (χ1n) is 13.5. The number of aromatic carboxylic acids is 1. The highest BCUT2D eigenvalue weighted by molar-refractivity contribution is 7.92. The number of hydrogen-bond acceptors (Lipinski definition) is 6. The predicted octanol–water partition coefficient (Wildman–Crippen LogP) is 5.40. The van der Waals surface area contributed by atoms with Gasteiger partial charge in [0.1, 0.15) is 0 Å². The highest BCUT2D eigenvalue weighted by Crippen LogP contribution is 2.30. The lowest BCUT2D eigenvalue weighted by Crippen LogP contribution is -2.47. The van der Waals surface area contributed by atoms with Crippen molar-refractivity contribution in [1.82, 2.24) is 4.90 Å². The number of hydrogen-bond donors (Lipinski definition) is 3. The average molecular weight is 600 g/mol. The van der Waals surface area contributed by atoms with E-state index < -0.39 is 28.1 Å². The molecule has 0 aliphatic carbocycles. The van der Waals surface area contributed by atoms with E-state index in [1.54, 1.807) is 36.4 Å². The number of nitrogens with zero attached hydrogens (tertiary/aromatic N) is 2. The first-order chi connectivity index (χ1) is 19.2. The lowest BCUT2D eigenvalue weighted by molar-refractivity contribution is -0.192. The van der Waals surface area contributed by atoms with Crippen molar-refractivity contribution in [3.63, 3.8) is 0 Å². The van der Waals surface area contributed by atoms with Crippen molar-refractivity contribution in [2.45, 2.75) is 69.0 Å². The second-order valence-electron chi connectivity index (χ2n) is 10.5. The summed E-state index contributed by atoms with van der Waals surface area (Å²) in [5, 5.41) is 17.0. The van der Waals surface area contributed by atoms with Crippen LogP contribution in [0.2, 0.25) is 0 Å². The van der Waals surface area contributed by atoms with Crippen molar-refractivity contribution < 1.29 is 41.4 Å². The molecule has 2 aromatic carbocycles. The molecule has 0 aromatic heterocycles. The lowest BCUT2D eigenvalue weighted by atomic mass is 9.98. The molecule has 2 aromatic rings. The largest absolute Gasteiger partial charge is 0.490 e. The van der Waals surface area contributed by atoms with Crippen LogP contribution in [-0.4, -0.2) is 73.9 Å². The van der Waals surface area contributed by atoms with Crippen molar-refractivity contribution in [1.29, 1.82) is 0 Å². The summed E-state index contributed by atoms with van der Waals surface area (Å²) in [5.74, 6) is -3.51. The molecule has 2 fully saturated rings. The maximum atomic E-state index is 12.9. The molecular weight excluding hydrogens is 563 g/mol. The third-order valence-corrected chi connectivity index (χ3v) is 8.69. The van der Waals surface area contributed by atoms with E-state index in [0.29, 0.717) is 17.6 Å². The number of aliphatic carboxylic acids is 1. The first-order valence-corrected chi connectivity index (χ1v) is 15.0. The lowest BCUT2D eigenvalue weighted by Gasteiger charge is -2.41. The number of nitrogens with one attached hydrogen (secondary N) is 1. The van der Waals surface area contributed by atoms with E-state index in [0.717, 1.165) is 31.5 Å². The number of carboxylic acid groups (broad SMARTS) is 2.